The van der Waals surface area contributed by atoms with Gasteiger partial charge in [0.05, 0.1) is 6.61 Å². The molecule has 0 heterocycles. The fourth-order valence-electron chi connectivity index (χ4n) is 2.10. The molecular formula is C19H21ClO3. The van der Waals surface area contributed by atoms with Gasteiger partial charge in [-0.1, -0.05) is 60.7 Å². The summed E-state index contributed by atoms with van der Waals surface area (Å²) in [4.78, 5) is 12.2. The van der Waals surface area contributed by atoms with Crippen LogP contribution in [-0.4, -0.2) is 24.9 Å². The number of ketones is 1. The van der Waals surface area contributed by atoms with E-state index in [0.29, 0.717) is 18.1 Å². The average Bonchev–Trinajstić information content (AvgIpc) is 2.62. The van der Waals surface area contributed by atoms with Crippen LogP contribution in [0.1, 0.15) is 35.1 Å². The van der Waals surface area contributed by atoms with Crippen molar-refractivity contribution in [1.29, 1.82) is 0 Å². The van der Waals surface area contributed by atoms with Gasteiger partial charge in [-0.25, -0.2) is 0 Å². The Labute approximate surface area is 142 Å². The number of carbonyl (C=O) groups excluding carboxylic acids is 1. The van der Waals surface area contributed by atoms with Crippen LogP contribution in [0.2, 0.25) is 0 Å². The first-order chi connectivity index (χ1) is 11.3. The molecule has 1 unspecified atom stereocenters. The first kappa shape index (κ1) is 17.7. The second-order valence-corrected chi connectivity index (χ2v) is 5.49. The second-order valence-electron chi connectivity index (χ2n) is 5.11. The van der Waals surface area contributed by atoms with Crippen molar-refractivity contribution < 1.29 is 14.3 Å². The third-order valence-electron chi connectivity index (χ3n) is 3.33. The van der Waals surface area contributed by atoms with Crippen LogP contribution in [0.15, 0.2) is 60.7 Å². The molecule has 2 aromatic rings. The molecule has 0 N–H and O–H groups in total. The van der Waals surface area contributed by atoms with E-state index in [2.05, 4.69) is 0 Å². The van der Waals surface area contributed by atoms with Gasteiger partial charge in [-0.3, -0.25) is 4.79 Å². The van der Waals surface area contributed by atoms with E-state index in [-0.39, 0.29) is 12.4 Å². The molecule has 1 atom stereocenters. The molecule has 2 aromatic carbocycles. The molecule has 0 spiro atoms. The number of alkyl halides is 1. The summed E-state index contributed by atoms with van der Waals surface area (Å²) < 4.78 is 11.5. The number of hydrogen-bond acceptors (Lipinski definition) is 3. The van der Waals surface area contributed by atoms with Gasteiger partial charge in [0.1, 0.15) is 6.61 Å². The molecular weight excluding hydrogens is 312 g/mol. The number of hydrogen-bond donors (Lipinski definition) is 0. The minimum absolute atomic E-state index is 0.0148. The van der Waals surface area contributed by atoms with E-state index < -0.39 is 6.29 Å². The summed E-state index contributed by atoms with van der Waals surface area (Å²) in [7, 11) is 0. The van der Waals surface area contributed by atoms with Crippen LogP contribution in [0, 0.1) is 0 Å². The predicted molar refractivity (Wildman–Crippen MR) is 91.8 cm³/mol. The molecule has 0 bridgehead atoms. The van der Waals surface area contributed by atoms with Crippen molar-refractivity contribution in [2.24, 2.45) is 0 Å². The van der Waals surface area contributed by atoms with Crippen LogP contribution < -0.4 is 0 Å². The van der Waals surface area contributed by atoms with E-state index in [9.17, 15) is 4.79 Å². The van der Waals surface area contributed by atoms with Gasteiger partial charge in [-0.05, 0) is 12.8 Å². The first-order valence-corrected chi connectivity index (χ1v) is 8.27. The lowest BCUT2D eigenvalue weighted by molar-refractivity contribution is -0.140. The van der Waals surface area contributed by atoms with Crippen molar-refractivity contribution in [2.75, 3.05) is 19.1 Å². The van der Waals surface area contributed by atoms with Gasteiger partial charge in [0.25, 0.3) is 0 Å². The minimum Gasteiger partial charge on any atom is -0.348 e. The van der Waals surface area contributed by atoms with Gasteiger partial charge in [-0.2, -0.15) is 0 Å². The molecule has 0 aliphatic heterocycles. The summed E-state index contributed by atoms with van der Waals surface area (Å²) in [6.07, 6.45) is 1.22. The molecule has 3 nitrogen and oxygen atoms in total. The van der Waals surface area contributed by atoms with Gasteiger partial charge >= 0.3 is 0 Å². The summed E-state index contributed by atoms with van der Waals surface area (Å²) in [5, 5.41) is 0. The van der Waals surface area contributed by atoms with Crippen molar-refractivity contribution >= 4 is 17.4 Å². The number of benzene rings is 2. The lowest BCUT2D eigenvalue weighted by Gasteiger charge is -2.18. The van der Waals surface area contributed by atoms with E-state index in [1.807, 2.05) is 48.5 Å². The number of halogens is 1. The van der Waals surface area contributed by atoms with Crippen LogP contribution >= 0.6 is 11.6 Å². The van der Waals surface area contributed by atoms with Crippen LogP contribution in [0.25, 0.3) is 0 Å². The molecule has 0 amide bonds. The molecule has 0 radical (unpaired) electrons. The maximum atomic E-state index is 12.2. The molecule has 4 heteroatoms. The zero-order valence-corrected chi connectivity index (χ0v) is 13.7. The van der Waals surface area contributed by atoms with Gasteiger partial charge in [0, 0.05) is 17.0 Å². The Balaban J connectivity index is 1.93. The molecule has 23 heavy (non-hydrogen) atoms. The topological polar surface area (TPSA) is 35.5 Å². The van der Waals surface area contributed by atoms with Crippen LogP contribution in [-0.2, 0) is 9.47 Å². The molecule has 2 rings (SSSR count). The molecule has 0 aliphatic carbocycles. The number of carbonyl (C=O) groups is 1. The Morgan fingerprint density at radius 2 is 1.57 bits per heavy atom. The molecule has 0 aromatic heterocycles. The van der Waals surface area contributed by atoms with Crippen molar-refractivity contribution in [3.63, 3.8) is 0 Å². The van der Waals surface area contributed by atoms with E-state index in [4.69, 9.17) is 21.1 Å². The van der Waals surface area contributed by atoms with E-state index in [1.54, 1.807) is 12.1 Å². The minimum atomic E-state index is -0.542. The summed E-state index contributed by atoms with van der Waals surface area (Å²) >= 11 is 5.67. The van der Waals surface area contributed by atoms with Crippen molar-refractivity contribution in [3.05, 3.63) is 71.8 Å². The fourth-order valence-corrected chi connectivity index (χ4v) is 2.29. The van der Waals surface area contributed by atoms with E-state index >= 15 is 0 Å². The Morgan fingerprint density at radius 3 is 2.22 bits per heavy atom. The lowest BCUT2D eigenvalue weighted by Crippen LogP contribution is -2.16. The number of Topliss-reactive ketones (excluding diaryl/α,β-unsaturated/α-hetero) is 1. The second kappa shape index (κ2) is 10.2. The standard InChI is InChI=1S/C19H21ClO3/c20-13-7-8-14-22-19(17-11-5-2-6-12-17)23-15-18(21)16-9-3-1-4-10-16/h1-6,9-12,19H,7-8,13-15H2. The van der Waals surface area contributed by atoms with Gasteiger partial charge in [0.15, 0.2) is 12.1 Å². The summed E-state index contributed by atoms with van der Waals surface area (Å²) in [5.74, 6) is 0.558. The van der Waals surface area contributed by atoms with E-state index in [1.165, 1.54) is 0 Å². The molecule has 0 fully saturated rings. The van der Waals surface area contributed by atoms with Gasteiger partial charge in [-0.15, -0.1) is 11.6 Å². The predicted octanol–water partition coefficient (Wildman–Crippen LogP) is 4.62. The molecule has 122 valence electrons. The summed E-state index contributed by atoms with van der Waals surface area (Å²) in [6, 6.07) is 18.8. The maximum absolute atomic E-state index is 12.2. The third-order valence-corrected chi connectivity index (χ3v) is 3.60. The average molecular weight is 333 g/mol. The van der Waals surface area contributed by atoms with Crippen LogP contribution in [0.5, 0.6) is 0 Å². The van der Waals surface area contributed by atoms with E-state index in [0.717, 1.165) is 18.4 Å². The normalized spacial score (nSPS) is 12.0. The monoisotopic (exact) mass is 332 g/mol. The smallest absolute Gasteiger partial charge is 0.188 e. The molecule has 0 aliphatic rings. The fraction of sp³-hybridized carbons (Fsp3) is 0.316. The Bertz CT molecular complexity index is 572. The maximum Gasteiger partial charge on any atom is 0.188 e. The number of unbranched alkanes of at least 4 members (excludes halogenated alkanes) is 1. The van der Waals surface area contributed by atoms with Crippen molar-refractivity contribution in [2.45, 2.75) is 19.1 Å². The first-order valence-electron chi connectivity index (χ1n) is 7.73. The largest absolute Gasteiger partial charge is 0.348 e. The summed E-state index contributed by atoms with van der Waals surface area (Å²) in [5.41, 5.74) is 1.54. The van der Waals surface area contributed by atoms with Crippen LogP contribution in [0.4, 0.5) is 0 Å². The highest BCUT2D eigenvalue weighted by Crippen LogP contribution is 2.19. The lowest BCUT2D eigenvalue weighted by atomic mass is 10.1. The highest BCUT2D eigenvalue weighted by molar-refractivity contribution is 6.17. The zero-order chi connectivity index (χ0) is 16.3. The molecule has 0 saturated heterocycles. The van der Waals surface area contributed by atoms with Crippen LogP contribution in [0.3, 0.4) is 0 Å². The van der Waals surface area contributed by atoms with Crippen molar-refractivity contribution in [3.8, 4) is 0 Å². The highest BCUT2D eigenvalue weighted by Gasteiger charge is 2.15. The highest BCUT2D eigenvalue weighted by atomic mass is 35.5. The Kier molecular flexibility index (Phi) is 7.81. The summed E-state index contributed by atoms with van der Waals surface area (Å²) in [6.45, 7) is 0.533. The Hall–Kier alpha value is -1.68. The van der Waals surface area contributed by atoms with Crippen molar-refractivity contribution in [1.82, 2.24) is 0 Å². The molecule has 0 saturated carbocycles. The number of rotatable bonds is 10. The van der Waals surface area contributed by atoms with Gasteiger partial charge in [0.2, 0.25) is 0 Å². The number of ether oxygens (including phenoxy) is 2. The zero-order valence-electron chi connectivity index (χ0n) is 13.0. The Morgan fingerprint density at radius 1 is 0.913 bits per heavy atom. The SMILES string of the molecule is O=C(COC(OCCCCCl)c1ccccc1)c1ccccc1. The quantitative estimate of drug-likeness (QED) is 0.275. The van der Waals surface area contributed by atoms with Gasteiger partial charge < -0.3 is 9.47 Å². The third kappa shape index (κ3) is 6.14.